The summed E-state index contributed by atoms with van der Waals surface area (Å²) in [5, 5.41) is 8.87. The third-order valence-electron chi connectivity index (χ3n) is 3.54. The van der Waals surface area contributed by atoms with Crippen molar-refractivity contribution >= 4 is 17.3 Å². The van der Waals surface area contributed by atoms with Crippen molar-refractivity contribution < 1.29 is 4.79 Å². The van der Waals surface area contributed by atoms with Crippen molar-refractivity contribution in [2.75, 3.05) is 18.8 Å². The first kappa shape index (κ1) is 17.0. The molecule has 5 nitrogen and oxygen atoms in total. The summed E-state index contributed by atoms with van der Waals surface area (Å²) in [7, 11) is 0. The lowest BCUT2D eigenvalue weighted by molar-refractivity contribution is -0.130. The number of para-hydroxylation sites is 1. The number of hydrogen-bond donors (Lipinski definition) is 1. The number of nitrogen functional groups attached to an aromatic ring is 1. The van der Waals surface area contributed by atoms with E-state index in [0.717, 1.165) is 38.8 Å². The van der Waals surface area contributed by atoms with E-state index in [1.165, 1.54) is 0 Å². The third kappa shape index (κ3) is 5.07. The molecule has 0 bridgehead atoms. The molecule has 0 aliphatic heterocycles. The maximum atomic E-state index is 12.5. The Labute approximate surface area is 126 Å². The van der Waals surface area contributed by atoms with Gasteiger partial charge in [-0.15, -0.1) is 0 Å². The molecule has 2 N–H and O–H groups in total. The van der Waals surface area contributed by atoms with Crippen molar-refractivity contribution in [1.29, 1.82) is 5.39 Å². The normalized spacial score (nSPS) is 10.1. The zero-order chi connectivity index (χ0) is 15.7. The van der Waals surface area contributed by atoms with Crippen molar-refractivity contribution in [2.45, 2.75) is 46.0 Å². The quantitative estimate of drug-likeness (QED) is 0.585. The van der Waals surface area contributed by atoms with Crippen LogP contribution >= 0.6 is 0 Å². The van der Waals surface area contributed by atoms with Gasteiger partial charge in [-0.2, -0.15) is 0 Å². The highest BCUT2D eigenvalue weighted by molar-refractivity contribution is 5.83. The minimum absolute atomic E-state index is 0.0821. The number of rotatable bonds is 8. The van der Waals surface area contributed by atoms with Crippen molar-refractivity contribution in [1.82, 2.24) is 4.90 Å². The highest BCUT2D eigenvalue weighted by Crippen LogP contribution is 2.26. The zero-order valence-corrected chi connectivity index (χ0v) is 13.0. The lowest BCUT2D eigenvalue weighted by Gasteiger charge is -2.22. The first-order chi connectivity index (χ1) is 10.1. The van der Waals surface area contributed by atoms with Gasteiger partial charge in [-0.1, -0.05) is 38.8 Å². The fourth-order valence-electron chi connectivity index (χ4n) is 2.17. The Morgan fingerprint density at radius 3 is 2.38 bits per heavy atom. The first-order valence-electron chi connectivity index (χ1n) is 7.64. The Morgan fingerprint density at radius 1 is 1.24 bits per heavy atom. The van der Waals surface area contributed by atoms with E-state index in [1.807, 2.05) is 4.90 Å². The molecule has 0 saturated carbocycles. The van der Waals surface area contributed by atoms with E-state index in [-0.39, 0.29) is 12.3 Å². The number of hydrogen-bond acceptors (Lipinski definition) is 3. The average Bonchev–Trinajstić information content (AvgIpc) is 2.49. The molecule has 1 aromatic rings. The van der Waals surface area contributed by atoms with Gasteiger partial charge in [0.05, 0.1) is 6.42 Å². The molecule has 0 radical (unpaired) electrons. The second-order valence-electron chi connectivity index (χ2n) is 5.21. The van der Waals surface area contributed by atoms with Crippen LogP contribution < -0.4 is 5.73 Å². The molecule has 0 heterocycles. The first-order valence-corrected chi connectivity index (χ1v) is 7.64. The molecule has 5 heteroatoms. The second-order valence-corrected chi connectivity index (χ2v) is 5.21. The molecule has 1 aromatic carbocycles. The summed E-state index contributed by atoms with van der Waals surface area (Å²) < 4.78 is 0. The van der Waals surface area contributed by atoms with E-state index in [0.29, 0.717) is 16.9 Å². The van der Waals surface area contributed by atoms with Crippen LogP contribution in [0.2, 0.25) is 0 Å². The predicted molar refractivity (Wildman–Crippen MR) is 85.7 cm³/mol. The molecule has 0 aliphatic rings. The molecule has 0 spiro atoms. The fraction of sp³-hybridized carbons (Fsp3) is 0.562. The fourth-order valence-corrected chi connectivity index (χ4v) is 2.17. The highest BCUT2D eigenvalue weighted by Gasteiger charge is 2.19. The van der Waals surface area contributed by atoms with Gasteiger partial charge in [-0.25, -0.2) is 0 Å². The Kier molecular flexibility index (Phi) is 7.24. The summed E-state index contributed by atoms with van der Waals surface area (Å²) in [6.07, 6.45) is 4.41. The third-order valence-corrected chi connectivity index (χ3v) is 3.54. The summed E-state index contributed by atoms with van der Waals surface area (Å²) in [6, 6.07) is 5.17. The number of unbranched alkanes of at least 4 members (excludes halogenated alkanes) is 2. The molecule has 0 aliphatic carbocycles. The molecule has 1 rings (SSSR count). The van der Waals surface area contributed by atoms with Crippen molar-refractivity contribution in [2.24, 2.45) is 0 Å². The SMILES string of the molecule is CCCCN(CCCC)C(=O)Cc1cccc([N+]#N)c1N. The van der Waals surface area contributed by atoms with Crippen LogP contribution in [0.15, 0.2) is 18.2 Å². The van der Waals surface area contributed by atoms with E-state index in [9.17, 15) is 4.79 Å². The summed E-state index contributed by atoms with van der Waals surface area (Å²) >= 11 is 0. The molecule has 0 fully saturated rings. The maximum absolute atomic E-state index is 12.5. The summed E-state index contributed by atoms with van der Waals surface area (Å²) in [6.45, 7) is 5.82. The topological polar surface area (TPSA) is 74.5 Å². The van der Waals surface area contributed by atoms with Crippen molar-refractivity contribution in [3.8, 4) is 0 Å². The number of diazo groups is 1. The largest absolute Gasteiger partial charge is 0.407 e. The van der Waals surface area contributed by atoms with Crippen LogP contribution in [0.1, 0.15) is 45.1 Å². The number of nitrogens with zero attached hydrogens (tertiary/aromatic N) is 3. The van der Waals surface area contributed by atoms with Gasteiger partial charge in [0.25, 0.3) is 0 Å². The zero-order valence-electron chi connectivity index (χ0n) is 13.0. The summed E-state index contributed by atoms with van der Waals surface area (Å²) in [5.41, 5.74) is 7.32. The van der Waals surface area contributed by atoms with Gasteiger partial charge in [0, 0.05) is 19.2 Å². The Bertz CT molecular complexity index is 499. The highest BCUT2D eigenvalue weighted by atomic mass is 16.2. The number of amides is 1. The smallest absolute Gasteiger partial charge is 0.392 e. The Morgan fingerprint density at radius 2 is 1.86 bits per heavy atom. The molecular formula is C16H25N4O+. The minimum atomic E-state index is 0.0821. The van der Waals surface area contributed by atoms with Crippen LogP contribution in [0.5, 0.6) is 0 Å². The van der Waals surface area contributed by atoms with E-state index < -0.39 is 0 Å². The molecule has 114 valence electrons. The van der Waals surface area contributed by atoms with Gasteiger partial charge in [0.1, 0.15) is 5.69 Å². The monoisotopic (exact) mass is 289 g/mol. The van der Waals surface area contributed by atoms with Crippen LogP contribution in [-0.4, -0.2) is 23.9 Å². The van der Waals surface area contributed by atoms with E-state index in [2.05, 4.69) is 18.8 Å². The minimum Gasteiger partial charge on any atom is -0.392 e. The van der Waals surface area contributed by atoms with E-state index in [1.54, 1.807) is 18.2 Å². The van der Waals surface area contributed by atoms with Crippen LogP contribution in [-0.2, 0) is 11.2 Å². The molecule has 0 unspecified atom stereocenters. The van der Waals surface area contributed by atoms with Crippen LogP contribution in [0.3, 0.4) is 0 Å². The molecule has 0 saturated heterocycles. The molecule has 21 heavy (non-hydrogen) atoms. The number of nitrogens with two attached hydrogens (primary N) is 1. The van der Waals surface area contributed by atoms with Gasteiger partial charge in [0.15, 0.2) is 4.98 Å². The van der Waals surface area contributed by atoms with Crippen molar-refractivity contribution in [3.63, 3.8) is 0 Å². The summed E-state index contributed by atoms with van der Waals surface area (Å²) in [4.78, 5) is 17.5. The molecule has 0 atom stereocenters. The lowest BCUT2D eigenvalue weighted by Crippen LogP contribution is -2.34. The van der Waals surface area contributed by atoms with Crippen LogP contribution in [0.25, 0.3) is 4.98 Å². The van der Waals surface area contributed by atoms with Gasteiger partial charge < -0.3 is 10.6 Å². The number of carbonyl (C=O) groups excluding carboxylic acids is 1. The van der Waals surface area contributed by atoms with Crippen LogP contribution in [0.4, 0.5) is 11.4 Å². The molecule has 1 amide bonds. The maximum Gasteiger partial charge on any atom is 0.407 e. The number of carbonyl (C=O) groups is 1. The lowest BCUT2D eigenvalue weighted by atomic mass is 10.1. The van der Waals surface area contributed by atoms with Gasteiger partial charge in [-0.3, -0.25) is 4.79 Å². The van der Waals surface area contributed by atoms with Gasteiger partial charge in [-0.05, 0) is 18.4 Å². The standard InChI is InChI=1S/C16H25N4O/c1-3-5-10-20(11-6-4-2)15(21)12-13-8-7-9-14(19-18)16(13)17/h7-9H,3-6,10-12,17H2,1-2H3/q+1. The van der Waals surface area contributed by atoms with Gasteiger partial charge >= 0.3 is 5.69 Å². The summed E-state index contributed by atoms with van der Waals surface area (Å²) in [5.74, 6) is 0.0821. The van der Waals surface area contributed by atoms with Gasteiger partial charge in [0.2, 0.25) is 11.3 Å². The van der Waals surface area contributed by atoms with Crippen LogP contribution in [0, 0.1) is 5.39 Å². The Hall–Kier alpha value is -2.09. The molecular weight excluding hydrogens is 264 g/mol. The Balaban J connectivity index is 2.78. The molecule has 0 aromatic heterocycles. The average molecular weight is 289 g/mol. The van der Waals surface area contributed by atoms with Crippen molar-refractivity contribution in [3.05, 3.63) is 28.7 Å². The second kappa shape index (κ2) is 8.96. The number of anilines is 1. The van der Waals surface area contributed by atoms with E-state index >= 15 is 0 Å². The predicted octanol–water partition coefficient (Wildman–Crippen LogP) is 3.72. The van der Waals surface area contributed by atoms with E-state index in [4.69, 9.17) is 11.1 Å². The number of benzene rings is 1.